The summed E-state index contributed by atoms with van der Waals surface area (Å²) < 4.78 is 28.7. The highest BCUT2D eigenvalue weighted by Crippen LogP contribution is 2.27. The molecule has 0 bridgehead atoms. The van der Waals surface area contributed by atoms with Crippen molar-refractivity contribution in [3.8, 4) is 0 Å². The summed E-state index contributed by atoms with van der Waals surface area (Å²) in [6, 6.07) is 11.8. The van der Waals surface area contributed by atoms with Crippen LogP contribution in [0.25, 0.3) is 0 Å². The maximum Gasteiger partial charge on any atom is 0.256 e. The first kappa shape index (κ1) is 20.1. The van der Waals surface area contributed by atoms with Crippen LogP contribution in [0.4, 0.5) is 5.69 Å². The third-order valence-electron chi connectivity index (χ3n) is 3.94. The van der Waals surface area contributed by atoms with Gasteiger partial charge in [0.15, 0.2) is 15.7 Å². The van der Waals surface area contributed by atoms with Crippen LogP contribution in [0, 0.1) is 13.8 Å². The van der Waals surface area contributed by atoms with Crippen LogP contribution in [0.2, 0.25) is 0 Å². The molecule has 3 rings (SSSR count). The Labute approximate surface area is 167 Å². The van der Waals surface area contributed by atoms with Crippen molar-refractivity contribution in [2.45, 2.75) is 29.4 Å². The van der Waals surface area contributed by atoms with E-state index in [4.69, 9.17) is 4.52 Å². The smallest absolute Gasteiger partial charge is 0.256 e. The number of hydrogen-bond acceptors (Lipinski definition) is 7. The number of thioether (sulfide) groups is 1. The monoisotopic (exact) mass is 417 g/mol. The molecule has 1 amide bonds. The van der Waals surface area contributed by atoms with Crippen molar-refractivity contribution in [2.75, 3.05) is 11.6 Å². The Hall–Kier alpha value is -2.65. The van der Waals surface area contributed by atoms with E-state index in [0.717, 1.165) is 16.7 Å². The summed E-state index contributed by atoms with van der Waals surface area (Å²) in [4.78, 5) is 17.9. The molecule has 0 fully saturated rings. The summed E-state index contributed by atoms with van der Waals surface area (Å²) in [6.07, 6.45) is 1.13. The van der Waals surface area contributed by atoms with E-state index in [-0.39, 0.29) is 10.8 Å². The molecule has 0 aliphatic rings. The summed E-state index contributed by atoms with van der Waals surface area (Å²) >= 11 is 1.41. The third-order valence-corrected chi connectivity index (χ3v) is 6.11. The van der Waals surface area contributed by atoms with E-state index in [2.05, 4.69) is 15.5 Å². The molecule has 0 saturated heterocycles. The van der Waals surface area contributed by atoms with Crippen molar-refractivity contribution in [2.24, 2.45) is 0 Å². The van der Waals surface area contributed by atoms with Crippen LogP contribution in [0.5, 0.6) is 0 Å². The number of rotatable bonds is 6. The molecular formula is C19H19N3O4S2. The van der Waals surface area contributed by atoms with Crippen LogP contribution >= 0.6 is 11.8 Å². The van der Waals surface area contributed by atoms with E-state index in [0.29, 0.717) is 28.7 Å². The minimum Gasteiger partial charge on any atom is -0.338 e. The molecule has 1 heterocycles. The van der Waals surface area contributed by atoms with E-state index in [1.807, 2.05) is 12.1 Å². The Morgan fingerprint density at radius 3 is 2.61 bits per heavy atom. The summed E-state index contributed by atoms with van der Waals surface area (Å²) in [5.41, 5.74) is 1.71. The molecule has 2 aromatic carbocycles. The van der Waals surface area contributed by atoms with Crippen molar-refractivity contribution in [1.29, 1.82) is 0 Å². The highest BCUT2D eigenvalue weighted by Gasteiger charge is 2.16. The van der Waals surface area contributed by atoms with Gasteiger partial charge in [0.1, 0.15) is 0 Å². The normalized spacial score (nSPS) is 11.4. The zero-order valence-corrected chi connectivity index (χ0v) is 17.2. The van der Waals surface area contributed by atoms with Crippen molar-refractivity contribution >= 4 is 33.2 Å². The quantitative estimate of drug-likeness (QED) is 0.611. The largest absolute Gasteiger partial charge is 0.338 e. The molecule has 0 spiro atoms. The fraction of sp³-hybridized carbons (Fsp3) is 0.211. The average molecular weight is 418 g/mol. The van der Waals surface area contributed by atoms with Gasteiger partial charge in [0.25, 0.3) is 5.91 Å². The van der Waals surface area contributed by atoms with E-state index in [9.17, 15) is 13.2 Å². The number of carbonyl (C=O) groups excluding carboxylic acids is 1. The van der Waals surface area contributed by atoms with Gasteiger partial charge >= 0.3 is 0 Å². The molecule has 28 heavy (non-hydrogen) atoms. The summed E-state index contributed by atoms with van der Waals surface area (Å²) in [5, 5.41) is 6.57. The molecule has 0 aliphatic carbocycles. The Kier molecular flexibility index (Phi) is 5.85. The number of aromatic nitrogens is 2. The first-order valence-corrected chi connectivity index (χ1v) is 11.2. The van der Waals surface area contributed by atoms with Crippen molar-refractivity contribution in [1.82, 2.24) is 10.1 Å². The van der Waals surface area contributed by atoms with Gasteiger partial charge in [-0.1, -0.05) is 23.4 Å². The van der Waals surface area contributed by atoms with Crippen molar-refractivity contribution < 1.29 is 17.7 Å². The van der Waals surface area contributed by atoms with Gasteiger partial charge < -0.3 is 9.84 Å². The van der Waals surface area contributed by atoms with Gasteiger partial charge in [0.2, 0.25) is 5.89 Å². The Morgan fingerprint density at radius 2 is 1.93 bits per heavy atom. The molecular weight excluding hydrogens is 398 g/mol. The Balaban J connectivity index is 1.82. The lowest BCUT2D eigenvalue weighted by Gasteiger charge is -2.12. The van der Waals surface area contributed by atoms with Crippen LogP contribution in [-0.2, 0) is 15.6 Å². The summed E-state index contributed by atoms with van der Waals surface area (Å²) in [7, 11) is -3.37. The van der Waals surface area contributed by atoms with Crippen molar-refractivity contribution in [3.63, 3.8) is 0 Å². The summed E-state index contributed by atoms with van der Waals surface area (Å²) in [5.74, 6) is 1.16. The highest BCUT2D eigenvalue weighted by atomic mass is 32.2. The zero-order chi connectivity index (χ0) is 20.3. The average Bonchev–Trinajstić information content (AvgIpc) is 3.06. The number of nitrogens with zero attached hydrogens (tertiary/aromatic N) is 2. The number of aryl methyl sites for hydroxylation is 2. The van der Waals surface area contributed by atoms with E-state index >= 15 is 0 Å². The molecule has 1 aromatic heterocycles. The minimum absolute atomic E-state index is 0.155. The highest BCUT2D eigenvalue weighted by molar-refractivity contribution is 7.98. The van der Waals surface area contributed by atoms with E-state index < -0.39 is 9.84 Å². The van der Waals surface area contributed by atoms with E-state index in [1.54, 1.807) is 32.0 Å². The number of anilines is 1. The lowest BCUT2D eigenvalue weighted by molar-refractivity contribution is 0.102. The molecule has 0 radical (unpaired) electrons. The Bertz CT molecular complexity index is 1120. The molecule has 9 heteroatoms. The van der Waals surface area contributed by atoms with E-state index in [1.165, 1.54) is 23.9 Å². The lowest BCUT2D eigenvalue weighted by Crippen LogP contribution is -2.14. The van der Waals surface area contributed by atoms with Crippen LogP contribution in [0.3, 0.4) is 0 Å². The second-order valence-electron chi connectivity index (χ2n) is 6.22. The molecule has 146 valence electrons. The molecule has 3 aromatic rings. The number of nitrogens with one attached hydrogen (secondary N) is 1. The SMILES string of the molecule is Cc1noc(CSc2ccccc2C(=O)Nc2cc(S(C)(=O)=O)ccc2C)n1. The predicted octanol–water partition coefficient (Wildman–Crippen LogP) is 3.63. The first-order valence-electron chi connectivity index (χ1n) is 8.37. The molecule has 0 unspecified atom stereocenters. The molecule has 0 atom stereocenters. The van der Waals surface area contributed by atoms with Gasteiger partial charge in [-0.25, -0.2) is 8.42 Å². The maximum absolute atomic E-state index is 12.8. The maximum atomic E-state index is 12.8. The van der Waals surface area contributed by atoms with Crippen molar-refractivity contribution in [3.05, 3.63) is 65.3 Å². The van der Waals surface area contributed by atoms with Gasteiger partial charge in [0.05, 0.1) is 16.2 Å². The molecule has 0 saturated carbocycles. The number of hydrogen-bond donors (Lipinski definition) is 1. The standard InChI is InChI=1S/C19H19N3O4S2/c1-12-8-9-14(28(3,24)25)10-16(12)21-19(23)15-6-4-5-7-17(15)27-11-18-20-13(2)22-26-18/h4-10H,11H2,1-3H3,(H,21,23). The van der Waals surface area contributed by atoms with Crippen LogP contribution < -0.4 is 5.32 Å². The van der Waals surface area contributed by atoms with Gasteiger partial charge in [-0.05, 0) is 43.7 Å². The van der Waals surface area contributed by atoms with Crippen LogP contribution in [0.15, 0.2) is 56.8 Å². The van der Waals surface area contributed by atoms with Crippen LogP contribution in [-0.4, -0.2) is 30.7 Å². The number of sulfone groups is 1. The second kappa shape index (κ2) is 8.15. The minimum atomic E-state index is -3.37. The van der Waals surface area contributed by atoms with Crippen LogP contribution in [0.1, 0.15) is 27.6 Å². The third kappa shape index (κ3) is 4.79. The fourth-order valence-corrected chi connectivity index (χ4v) is 4.01. The van der Waals surface area contributed by atoms with Gasteiger partial charge in [-0.15, -0.1) is 11.8 Å². The molecule has 0 aliphatic heterocycles. The number of amides is 1. The molecule has 7 nitrogen and oxygen atoms in total. The first-order chi connectivity index (χ1) is 13.2. The summed E-state index contributed by atoms with van der Waals surface area (Å²) in [6.45, 7) is 3.55. The Morgan fingerprint density at radius 1 is 1.18 bits per heavy atom. The molecule has 1 N–H and O–H groups in total. The second-order valence-corrected chi connectivity index (χ2v) is 9.26. The van der Waals surface area contributed by atoms with Gasteiger partial charge in [0, 0.05) is 16.8 Å². The van der Waals surface area contributed by atoms with Gasteiger partial charge in [-0.3, -0.25) is 4.79 Å². The fourth-order valence-electron chi connectivity index (χ4n) is 2.47. The number of carbonyl (C=O) groups is 1. The topological polar surface area (TPSA) is 102 Å². The zero-order valence-electron chi connectivity index (χ0n) is 15.6. The van der Waals surface area contributed by atoms with Gasteiger partial charge in [-0.2, -0.15) is 4.98 Å². The lowest BCUT2D eigenvalue weighted by atomic mass is 10.1. The predicted molar refractivity (Wildman–Crippen MR) is 107 cm³/mol. The number of benzene rings is 2.